The molecule has 6 heteroatoms. The van der Waals surface area contributed by atoms with Gasteiger partial charge < -0.3 is 15.0 Å². The van der Waals surface area contributed by atoms with Gasteiger partial charge in [0.05, 0.1) is 6.54 Å². The van der Waals surface area contributed by atoms with Gasteiger partial charge in [0, 0.05) is 29.0 Å². The second-order valence-corrected chi connectivity index (χ2v) is 6.65. The highest BCUT2D eigenvalue weighted by atomic mass is 32.1. The fraction of sp³-hybridized carbons (Fsp3) is 0.0909. The highest BCUT2D eigenvalue weighted by Crippen LogP contribution is 2.24. The molecule has 0 spiro atoms. The van der Waals surface area contributed by atoms with Crippen LogP contribution in [0, 0.1) is 4.77 Å². The Morgan fingerprint density at radius 2 is 1.82 bits per heavy atom. The number of hydrogen-bond acceptors (Lipinski definition) is 3. The van der Waals surface area contributed by atoms with E-state index in [0.717, 1.165) is 22.2 Å². The summed E-state index contributed by atoms with van der Waals surface area (Å²) in [6.45, 7) is 0.822. The van der Waals surface area contributed by atoms with E-state index in [0.29, 0.717) is 23.5 Å². The summed E-state index contributed by atoms with van der Waals surface area (Å²) >= 11 is 5.21. The molecule has 2 N–H and O–H groups in total. The van der Waals surface area contributed by atoms with Crippen molar-refractivity contribution in [3.05, 3.63) is 89.5 Å². The first-order chi connectivity index (χ1) is 13.7. The zero-order valence-electron chi connectivity index (χ0n) is 15.1. The number of nitrogens with one attached hydrogen (secondary N) is 2. The van der Waals surface area contributed by atoms with Gasteiger partial charge in [-0.15, -0.1) is 0 Å². The molecule has 0 bridgehead atoms. The fourth-order valence-electron chi connectivity index (χ4n) is 3.05. The third-order valence-corrected chi connectivity index (χ3v) is 4.77. The summed E-state index contributed by atoms with van der Waals surface area (Å²) in [6, 6.07) is 21.3. The van der Waals surface area contributed by atoms with E-state index in [4.69, 9.17) is 17.0 Å². The van der Waals surface area contributed by atoms with Crippen LogP contribution in [-0.2, 0) is 0 Å². The third-order valence-electron chi connectivity index (χ3n) is 4.45. The van der Waals surface area contributed by atoms with Crippen molar-refractivity contribution in [3.63, 3.8) is 0 Å². The van der Waals surface area contributed by atoms with E-state index in [1.807, 2.05) is 65.4 Å². The Bertz CT molecular complexity index is 1160. The number of ether oxygens (including phenoxy) is 1. The maximum Gasteiger partial charge on any atom is 0.251 e. The molecule has 1 amide bonds. The van der Waals surface area contributed by atoms with Crippen LogP contribution in [0.25, 0.3) is 16.5 Å². The van der Waals surface area contributed by atoms with E-state index in [-0.39, 0.29) is 5.91 Å². The number of aromatic amines is 1. The summed E-state index contributed by atoms with van der Waals surface area (Å²) in [5.41, 5.74) is 1.50. The maximum absolute atomic E-state index is 12.3. The van der Waals surface area contributed by atoms with Crippen LogP contribution < -0.4 is 10.1 Å². The Hall–Kier alpha value is -3.38. The summed E-state index contributed by atoms with van der Waals surface area (Å²) in [6.07, 6.45) is 3.63. The number of aromatic nitrogens is 2. The average Bonchev–Trinajstić information content (AvgIpc) is 3.17. The molecular formula is C22H19N3O2S. The molecule has 3 aromatic carbocycles. The molecule has 4 rings (SSSR count). The maximum atomic E-state index is 12.3. The fourth-order valence-corrected chi connectivity index (χ4v) is 3.28. The molecule has 0 saturated carbocycles. The first-order valence-electron chi connectivity index (χ1n) is 8.97. The van der Waals surface area contributed by atoms with Crippen molar-refractivity contribution in [2.75, 3.05) is 13.2 Å². The number of imidazole rings is 1. The number of fused-ring (bicyclic) bond motifs is 1. The number of rotatable bonds is 6. The molecule has 140 valence electrons. The van der Waals surface area contributed by atoms with Gasteiger partial charge in [0.1, 0.15) is 12.4 Å². The predicted octanol–water partition coefficient (Wildman–Crippen LogP) is 4.50. The number of H-pyrrole nitrogens is 1. The molecule has 0 atom stereocenters. The Balaban J connectivity index is 1.33. The van der Waals surface area contributed by atoms with Gasteiger partial charge in [0.15, 0.2) is 4.77 Å². The molecule has 4 aromatic rings. The van der Waals surface area contributed by atoms with Crippen LogP contribution in [0.4, 0.5) is 0 Å². The minimum atomic E-state index is -0.134. The smallest absolute Gasteiger partial charge is 0.251 e. The average molecular weight is 389 g/mol. The summed E-state index contributed by atoms with van der Waals surface area (Å²) < 4.78 is 8.31. The molecule has 0 aliphatic rings. The molecule has 28 heavy (non-hydrogen) atoms. The second kappa shape index (κ2) is 8.10. The zero-order chi connectivity index (χ0) is 19.3. The van der Waals surface area contributed by atoms with Crippen LogP contribution in [0.5, 0.6) is 5.75 Å². The zero-order valence-corrected chi connectivity index (χ0v) is 15.9. The summed E-state index contributed by atoms with van der Waals surface area (Å²) in [7, 11) is 0. The van der Waals surface area contributed by atoms with Gasteiger partial charge in [-0.2, -0.15) is 0 Å². The van der Waals surface area contributed by atoms with E-state index in [1.165, 1.54) is 0 Å². The van der Waals surface area contributed by atoms with E-state index in [2.05, 4.69) is 10.3 Å². The Morgan fingerprint density at radius 1 is 1.04 bits per heavy atom. The van der Waals surface area contributed by atoms with Crippen molar-refractivity contribution < 1.29 is 9.53 Å². The van der Waals surface area contributed by atoms with E-state index in [9.17, 15) is 4.79 Å². The van der Waals surface area contributed by atoms with Crippen LogP contribution in [-0.4, -0.2) is 28.6 Å². The van der Waals surface area contributed by atoms with E-state index >= 15 is 0 Å². The number of amides is 1. The second-order valence-electron chi connectivity index (χ2n) is 6.26. The topological polar surface area (TPSA) is 59.0 Å². The highest BCUT2D eigenvalue weighted by Gasteiger charge is 2.06. The third kappa shape index (κ3) is 3.82. The minimum Gasteiger partial charge on any atom is -0.491 e. The highest BCUT2D eigenvalue weighted by molar-refractivity contribution is 7.71. The van der Waals surface area contributed by atoms with Gasteiger partial charge in [-0.05, 0) is 47.9 Å². The van der Waals surface area contributed by atoms with Crippen molar-refractivity contribution in [2.45, 2.75) is 0 Å². The van der Waals surface area contributed by atoms with Gasteiger partial charge in [-0.1, -0.05) is 36.4 Å². The Labute approximate surface area is 167 Å². The lowest BCUT2D eigenvalue weighted by atomic mass is 10.1. The van der Waals surface area contributed by atoms with Gasteiger partial charge in [-0.25, -0.2) is 0 Å². The quantitative estimate of drug-likeness (QED) is 0.377. The Morgan fingerprint density at radius 3 is 2.61 bits per heavy atom. The molecule has 0 aliphatic carbocycles. The number of hydrogen-bond donors (Lipinski definition) is 2. The summed E-state index contributed by atoms with van der Waals surface area (Å²) in [4.78, 5) is 15.3. The van der Waals surface area contributed by atoms with Crippen LogP contribution >= 0.6 is 12.2 Å². The molecule has 1 heterocycles. The number of carbonyl (C=O) groups excluding carboxylic acids is 1. The number of nitrogens with zero attached hydrogens (tertiary/aromatic N) is 1. The summed E-state index contributed by atoms with van der Waals surface area (Å²) in [5, 5.41) is 5.08. The SMILES string of the molecule is O=C(NCCOc1cccc2ccccc12)c1ccc(-n2cc[nH]c2=S)cc1. The molecule has 0 saturated heterocycles. The first-order valence-corrected chi connectivity index (χ1v) is 9.38. The molecule has 0 aliphatic heterocycles. The molecule has 0 radical (unpaired) electrons. The van der Waals surface area contributed by atoms with Gasteiger partial charge >= 0.3 is 0 Å². The van der Waals surface area contributed by atoms with Crippen molar-refractivity contribution in [3.8, 4) is 11.4 Å². The molecule has 1 aromatic heterocycles. The lowest BCUT2D eigenvalue weighted by Crippen LogP contribution is -2.28. The first kappa shape index (κ1) is 18.0. The Kier molecular flexibility index (Phi) is 5.21. The van der Waals surface area contributed by atoms with E-state index in [1.54, 1.807) is 18.3 Å². The van der Waals surface area contributed by atoms with Crippen molar-refractivity contribution in [2.24, 2.45) is 0 Å². The monoisotopic (exact) mass is 389 g/mol. The predicted molar refractivity (Wildman–Crippen MR) is 113 cm³/mol. The number of carbonyl (C=O) groups is 1. The largest absolute Gasteiger partial charge is 0.491 e. The van der Waals surface area contributed by atoms with Gasteiger partial charge in [-0.3, -0.25) is 9.36 Å². The van der Waals surface area contributed by atoms with Crippen molar-refractivity contribution in [1.82, 2.24) is 14.9 Å². The van der Waals surface area contributed by atoms with Crippen LogP contribution in [0.1, 0.15) is 10.4 Å². The van der Waals surface area contributed by atoms with Crippen molar-refractivity contribution >= 4 is 28.9 Å². The van der Waals surface area contributed by atoms with Crippen LogP contribution in [0.15, 0.2) is 79.1 Å². The molecule has 0 unspecified atom stereocenters. The summed E-state index contributed by atoms with van der Waals surface area (Å²) in [5.74, 6) is 0.686. The standard InChI is InChI=1S/C22H19N3O2S/c26-21(17-8-10-18(11-9-17)25-14-12-24-22(25)28)23-13-15-27-20-7-3-5-16-4-1-2-6-19(16)20/h1-12,14H,13,15H2,(H,23,26)(H,24,28). The van der Waals surface area contributed by atoms with Gasteiger partial charge in [0.2, 0.25) is 0 Å². The molecule has 0 fully saturated rings. The molecule has 5 nitrogen and oxygen atoms in total. The minimum absolute atomic E-state index is 0.134. The normalized spacial score (nSPS) is 10.7. The van der Waals surface area contributed by atoms with Crippen LogP contribution in [0.2, 0.25) is 0 Å². The lowest BCUT2D eigenvalue weighted by Gasteiger charge is -2.10. The van der Waals surface area contributed by atoms with Crippen molar-refractivity contribution in [1.29, 1.82) is 0 Å². The number of benzene rings is 3. The van der Waals surface area contributed by atoms with Gasteiger partial charge in [0.25, 0.3) is 5.91 Å². The van der Waals surface area contributed by atoms with E-state index < -0.39 is 0 Å². The molecular weight excluding hydrogens is 370 g/mol. The van der Waals surface area contributed by atoms with Crippen LogP contribution in [0.3, 0.4) is 0 Å². The lowest BCUT2D eigenvalue weighted by molar-refractivity contribution is 0.0947.